The zero-order valence-corrected chi connectivity index (χ0v) is 17.5. The van der Waals surface area contributed by atoms with Crippen molar-refractivity contribution >= 4 is 46.2 Å². The van der Waals surface area contributed by atoms with Crippen LogP contribution in [0.3, 0.4) is 0 Å². The van der Waals surface area contributed by atoms with Crippen molar-refractivity contribution in [1.29, 1.82) is 0 Å². The predicted octanol–water partition coefficient (Wildman–Crippen LogP) is 4.87. The molecule has 0 saturated carbocycles. The summed E-state index contributed by atoms with van der Waals surface area (Å²) in [6.07, 6.45) is 1.32. The molecule has 1 aliphatic rings. The Bertz CT molecular complexity index is 1060. The number of aliphatic hydroxyl groups is 1. The van der Waals surface area contributed by atoms with Crippen LogP contribution >= 0.6 is 23.2 Å². The van der Waals surface area contributed by atoms with Crippen LogP contribution in [0, 0.1) is 5.92 Å². The van der Waals surface area contributed by atoms with E-state index >= 15 is 0 Å². The van der Waals surface area contributed by atoms with Crippen LogP contribution in [0.15, 0.2) is 42.7 Å². The van der Waals surface area contributed by atoms with Gasteiger partial charge in [0, 0.05) is 26.6 Å². The molecule has 0 spiro atoms. The molecule has 30 heavy (non-hydrogen) atoms. The summed E-state index contributed by atoms with van der Waals surface area (Å²) < 4.78 is 28.0. The SMILES string of the molecule is CO.O=CC1CN(c2ncnc3cccc(-c4ccc(Cl)c(Cl)c4)c23)CCC1(F)F. The van der Waals surface area contributed by atoms with Crippen molar-refractivity contribution in [3.8, 4) is 11.1 Å². The molecule has 158 valence electrons. The van der Waals surface area contributed by atoms with E-state index in [9.17, 15) is 13.6 Å². The molecule has 1 fully saturated rings. The monoisotopic (exact) mass is 453 g/mol. The maximum atomic E-state index is 14.0. The zero-order valence-electron chi connectivity index (χ0n) is 16.0. The fraction of sp³-hybridized carbons (Fsp3) is 0.286. The number of aliphatic hydroxyl groups excluding tert-OH is 1. The van der Waals surface area contributed by atoms with Gasteiger partial charge in [-0.2, -0.15) is 0 Å². The van der Waals surface area contributed by atoms with E-state index < -0.39 is 18.3 Å². The van der Waals surface area contributed by atoms with Crippen molar-refractivity contribution in [1.82, 2.24) is 9.97 Å². The third-order valence-electron chi connectivity index (χ3n) is 5.01. The highest BCUT2D eigenvalue weighted by atomic mass is 35.5. The van der Waals surface area contributed by atoms with Crippen LogP contribution in [-0.4, -0.2) is 47.5 Å². The number of nitrogens with zero attached hydrogens (tertiary/aromatic N) is 3. The van der Waals surface area contributed by atoms with E-state index in [0.29, 0.717) is 27.7 Å². The molecule has 0 bridgehead atoms. The summed E-state index contributed by atoms with van der Waals surface area (Å²) in [5.41, 5.74) is 2.30. The lowest BCUT2D eigenvalue weighted by atomic mass is 9.94. The van der Waals surface area contributed by atoms with Crippen molar-refractivity contribution in [3.05, 3.63) is 52.8 Å². The highest BCUT2D eigenvalue weighted by Crippen LogP contribution is 2.39. The summed E-state index contributed by atoms with van der Waals surface area (Å²) in [5.74, 6) is -3.86. The maximum absolute atomic E-state index is 14.0. The summed E-state index contributed by atoms with van der Waals surface area (Å²) in [5, 5.41) is 8.57. The first kappa shape index (κ1) is 22.3. The maximum Gasteiger partial charge on any atom is 0.260 e. The van der Waals surface area contributed by atoms with Gasteiger partial charge in [-0.1, -0.05) is 41.4 Å². The minimum absolute atomic E-state index is 0.0964. The minimum atomic E-state index is -3.01. The number of carbonyl (C=O) groups excluding carboxylic acids is 1. The summed E-state index contributed by atoms with van der Waals surface area (Å²) in [6, 6.07) is 10.9. The van der Waals surface area contributed by atoms with Gasteiger partial charge in [0.15, 0.2) is 0 Å². The third kappa shape index (κ3) is 4.24. The molecule has 0 amide bonds. The Kier molecular flexibility index (Phi) is 6.85. The van der Waals surface area contributed by atoms with Gasteiger partial charge in [0.1, 0.15) is 18.4 Å². The van der Waals surface area contributed by atoms with Crippen molar-refractivity contribution in [2.24, 2.45) is 5.92 Å². The highest BCUT2D eigenvalue weighted by Gasteiger charge is 2.44. The van der Waals surface area contributed by atoms with E-state index in [4.69, 9.17) is 28.3 Å². The lowest BCUT2D eigenvalue weighted by Gasteiger charge is -2.37. The van der Waals surface area contributed by atoms with Crippen molar-refractivity contribution in [2.75, 3.05) is 25.1 Å². The van der Waals surface area contributed by atoms with Crippen LogP contribution in [0.1, 0.15) is 6.42 Å². The molecule has 9 heteroatoms. The van der Waals surface area contributed by atoms with Gasteiger partial charge >= 0.3 is 0 Å². The Hall–Kier alpha value is -2.35. The highest BCUT2D eigenvalue weighted by molar-refractivity contribution is 6.42. The van der Waals surface area contributed by atoms with Crippen LogP contribution in [-0.2, 0) is 4.79 Å². The van der Waals surface area contributed by atoms with Gasteiger partial charge in [-0.05, 0) is 29.3 Å². The second kappa shape index (κ2) is 9.20. The van der Waals surface area contributed by atoms with Gasteiger partial charge in [0.2, 0.25) is 0 Å². The van der Waals surface area contributed by atoms with Gasteiger partial charge in [-0.25, -0.2) is 18.7 Å². The van der Waals surface area contributed by atoms with Crippen molar-refractivity contribution in [3.63, 3.8) is 0 Å². The summed E-state index contributed by atoms with van der Waals surface area (Å²) >= 11 is 12.2. The van der Waals surface area contributed by atoms with E-state index in [1.165, 1.54) is 6.33 Å². The largest absolute Gasteiger partial charge is 0.400 e. The lowest BCUT2D eigenvalue weighted by Crippen LogP contribution is -2.48. The second-order valence-electron chi connectivity index (χ2n) is 6.73. The van der Waals surface area contributed by atoms with Gasteiger partial charge in [0.25, 0.3) is 5.92 Å². The van der Waals surface area contributed by atoms with Crippen molar-refractivity contribution in [2.45, 2.75) is 12.3 Å². The average Bonchev–Trinajstić information content (AvgIpc) is 2.76. The molecule has 3 aromatic rings. The topological polar surface area (TPSA) is 66.3 Å². The normalized spacial score (nSPS) is 17.9. The zero-order chi connectivity index (χ0) is 21.9. The summed E-state index contributed by atoms with van der Waals surface area (Å²) in [7, 11) is 1.00. The molecule has 1 aromatic heterocycles. The first-order valence-electron chi connectivity index (χ1n) is 9.12. The quantitative estimate of drug-likeness (QED) is 0.572. The number of alkyl halides is 2. The van der Waals surface area contributed by atoms with E-state index in [1.807, 2.05) is 24.3 Å². The van der Waals surface area contributed by atoms with Crippen LogP contribution in [0.4, 0.5) is 14.6 Å². The minimum Gasteiger partial charge on any atom is -0.400 e. The molecule has 5 nitrogen and oxygen atoms in total. The van der Waals surface area contributed by atoms with Crippen LogP contribution in [0.2, 0.25) is 10.0 Å². The molecular formula is C21H19Cl2F2N3O2. The number of hydrogen-bond acceptors (Lipinski definition) is 5. The Labute approximate surface area is 182 Å². The molecule has 1 atom stereocenters. The fourth-order valence-corrected chi connectivity index (χ4v) is 3.80. The van der Waals surface area contributed by atoms with Crippen LogP contribution in [0.25, 0.3) is 22.0 Å². The lowest BCUT2D eigenvalue weighted by molar-refractivity contribution is -0.127. The second-order valence-corrected chi connectivity index (χ2v) is 7.54. The molecule has 2 heterocycles. The van der Waals surface area contributed by atoms with Gasteiger partial charge in [-0.3, -0.25) is 0 Å². The Morgan fingerprint density at radius 3 is 2.63 bits per heavy atom. The van der Waals surface area contributed by atoms with E-state index in [0.717, 1.165) is 23.6 Å². The molecule has 1 unspecified atom stereocenters. The number of anilines is 1. The molecule has 1 aliphatic heterocycles. The summed E-state index contributed by atoms with van der Waals surface area (Å²) in [4.78, 5) is 21.6. The number of aromatic nitrogens is 2. The number of halogens is 4. The number of aldehydes is 1. The number of rotatable bonds is 3. The Balaban J connectivity index is 0.00000124. The van der Waals surface area contributed by atoms with Gasteiger partial charge in [-0.15, -0.1) is 0 Å². The number of fused-ring (bicyclic) bond motifs is 1. The molecule has 4 rings (SSSR count). The summed E-state index contributed by atoms with van der Waals surface area (Å²) in [6.45, 7) is -0.00250. The number of hydrogen-bond donors (Lipinski definition) is 1. The first-order chi connectivity index (χ1) is 14.4. The van der Waals surface area contributed by atoms with Crippen molar-refractivity contribution < 1.29 is 18.7 Å². The van der Waals surface area contributed by atoms with Crippen LogP contribution in [0.5, 0.6) is 0 Å². The average molecular weight is 454 g/mol. The molecule has 2 aromatic carbocycles. The Morgan fingerprint density at radius 1 is 1.17 bits per heavy atom. The van der Waals surface area contributed by atoms with E-state index in [1.54, 1.807) is 17.0 Å². The van der Waals surface area contributed by atoms with Gasteiger partial charge < -0.3 is 14.8 Å². The number of benzene rings is 2. The predicted molar refractivity (Wildman–Crippen MR) is 114 cm³/mol. The molecule has 1 saturated heterocycles. The number of piperidine rings is 1. The number of carbonyl (C=O) groups is 1. The Morgan fingerprint density at radius 2 is 1.93 bits per heavy atom. The fourth-order valence-electron chi connectivity index (χ4n) is 3.50. The standard InChI is InChI=1S/C20H15Cl2F2N3O.CH4O/c21-15-5-4-12(8-16(15)22)14-2-1-3-17-18(14)19(26-11-25-17)27-7-6-20(23,24)13(9-27)10-28;1-2/h1-5,8,10-11,13H,6-7,9H2;2H,1H3. The smallest absolute Gasteiger partial charge is 0.260 e. The molecular weight excluding hydrogens is 435 g/mol. The first-order valence-corrected chi connectivity index (χ1v) is 9.88. The van der Waals surface area contributed by atoms with E-state index in [-0.39, 0.29) is 13.1 Å². The molecule has 1 N–H and O–H groups in total. The molecule has 0 aliphatic carbocycles. The molecule has 0 radical (unpaired) electrons. The third-order valence-corrected chi connectivity index (χ3v) is 5.75. The van der Waals surface area contributed by atoms with Crippen LogP contribution < -0.4 is 4.90 Å². The van der Waals surface area contributed by atoms with E-state index in [2.05, 4.69) is 9.97 Å². The van der Waals surface area contributed by atoms with Gasteiger partial charge in [0.05, 0.1) is 26.9 Å².